The number of aliphatic hydroxyl groups is 1. The molecular formula is C18H21N3O2S. The van der Waals surface area contributed by atoms with Crippen molar-refractivity contribution in [3.63, 3.8) is 0 Å². The Morgan fingerprint density at radius 2 is 1.92 bits per heavy atom. The number of aromatic nitrogens is 3. The van der Waals surface area contributed by atoms with Gasteiger partial charge in [0.1, 0.15) is 0 Å². The molecule has 1 atom stereocenters. The van der Waals surface area contributed by atoms with Crippen molar-refractivity contribution < 1.29 is 9.52 Å². The van der Waals surface area contributed by atoms with Crippen LogP contribution in [0.15, 0.2) is 58.3 Å². The number of thioether (sulfide) groups is 1. The molecule has 0 spiro atoms. The zero-order valence-corrected chi connectivity index (χ0v) is 14.6. The Bertz CT molecular complexity index is 754. The Morgan fingerprint density at radius 3 is 2.58 bits per heavy atom. The quantitative estimate of drug-likeness (QED) is 0.656. The Morgan fingerprint density at radius 1 is 1.12 bits per heavy atom. The van der Waals surface area contributed by atoms with Gasteiger partial charge in [0.25, 0.3) is 0 Å². The molecule has 5 nitrogen and oxygen atoms in total. The number of aliphatic hydroxyl groups excluding tert-OH is 1. The van der Waals surface area contributed by atoms with Crippen LogP contribution in [-0.2, 0) is 6.54 Å². The summed E-state index contributed by atoms with van der Waals surface area (Å²) < 4.78 is 7.53. The number of nitrogens with zero attached hydrogens (tertiary/aromatic N) is 3. The molecule has 1 unspecified atom stereocenters. The average molecular weight is 343 g/mol. The van der Waals surface area contributed by atoms with Crippen LogP contribution in [0.3, 0.4) is 0 Å². The van der Waals surface area contributed by atoms with Crippen LogP contribution in [0.25, 0.3) is 11.6 Å². The summed E-state index contributed by atoms with van der Waals surface area (Å²) in [6.45, 7) is 5.10. The fraction of sp³-hybridized carbons (Fsp3) is 0.333. The lowest BCUT2D eigenvalue weighted by atomic mass is 10.1. The normalized spacial score (nSPS) is 12.7. The van der Waals surface area contributed by atoms with Gasteiger partial charge in [-0.05, 0) is 23.6 Å². The second-order valence-corrected chi connectivity index (χ2v) is 7.01. The Labute approximate surface area is 145 Å². The fourth-order valence-electron chi connectivity index (χ4n) is 2.44. The number of rotatable bonds is 7. The fourth-order valence-corrected chi connectivity index (χ4v) is 3.35. The molecule has 0 aliphatic heterocycles. The highest BCUT2D eigenvalue weighted by molar-refractivity contribution is 7.99. The van der Waals surface area contributed by atoms with Crippen LogP contribution in [0, 0.1) is 5.92 Å². The number of benzene rings is 1. The van der Waals surface area contributed by atoms with Gasteiger partial charge in [-0.25, -0.2) is 0 Å². The lowest BCUT2D eigenvalue weighted by Gasteiger charge is -2.13. The molecule has 6 heteroatoms. The molecule has 1 N–H and O–H groups in total. The van der Waals surface area contributed by atoms with Crippen molar-refractivity contribution in [1.29, 1.82) is 0 Å². The molecule has 0 saturated heterocycles. The SMILES string of the molecule is CC(C)Cn1c(SCC(O)c2ccccc2)nnc1-c1ccco1. The summed E-state index contributed by atoms with van der Waals surface area (Å²) in [6.07, 6.45) is 1.10. The van der Waals surface area contributed by atoms with Crippen molar-refractivity contribution >= 4 is 11.8 Å². The third-order valence-electron chi connectivity index (χ3n) is 3.56. The molecule has 24 heavy (non-hydrogen) atoms. The van der Waals surface area contributed by atoms with Crippen LogP contribution in [-0.4, -0.2) is 25.6 Å². The molecule has 0 fully saturated rings. The van der Waals surface area contributed by atoms with Gasteiger partial charge >= 0.3 is 0 Å². The van der Waals surface area contributed by atoms with Gasteiger partial charge in [0.05, 0.1) is 12.4 Å². The van der Waals surface area contributed by atoms with Crippen molar-refractivity contribution in [2.45, 2.75) is 31.7 Å². The largest absolute Gasteiger partial charge is 0.461 e. The van der Waals surface area contributed by atoms with Crippen molar-refractivity contribution in [2.24, 2.45) is 5.92 Å². The lowest BCUT2D eigenvalue weighted by Crippen LogP contribution is -2.08. The van der Waals surface area contributed by atoms with E-state index in [9.17, 15) is 5.11 Å². The first-order valence-electron chi connectivity index (χ1n) is 7.98. The lowest BCUT2D eigenvalue weighted by molar-refractivity contribution is 0.204. The van der Waals surface area contributed by atoms with Crippen LogP contribution in [0.1, 0.15) is 25.5 Å². The maximum absolute atomic E-state index is 10.3. The third-order valence-corrected chi connectivity index (χ3v) is 4.60. The molecule has 2 heterocycles. The minimum Gasteiger partial charge on any atom is -0.461 e. The molecule has 0 saturated carbocycles. The van der Waals surface area contributed by atoms with E-state index < -0.39 is 6.10 Å². The van der Waals surface area contributed by atoms with Gasteiger partial charge in [0.2, 0.25) is 0 Å². The molecule has 0 amide bonds. The highest BCUT2D eigenvalue weighted by atomic mass is 32.2. The molecular weight excluding hydrogens is 322 g/mol. The number of hydrogen-bond acceptors (Lipinski definition) is 5. The molecule has 3 rings (SSSR count). The first-order valence-corrected chi connectivity index (χ1v) is 8.96. The van der Waals surface area contributed by atoms with Gasteiger partial charge in [-0.15, -0.1) is 10.2 Å². The van der Waals surface area contributed by atoms with Gasteiger partial charge in [-0.3, -0.25) is 4.57 Å². The van der Waals surface area contributed by atoms with Crippen LogP contribution in [0.2, 0.25) is 0 Å². The first-order chi connectivity index (χ1) is 11.6. The predicted octanol–water partition coefficient (Wildman–Crippen LogP) is 4.02. The van der Waals surface area contributed by atoms with Gasteiger partial charge in [0, 0.05) is 12.3 Å². The zero-order chi connectivity index (χ0) is 16.9. The molecule has 3 aromatic rings. The summed E-state index contributed by atoms with van der Waals surface area (Å²) in [6, 6.07) is 13.4. The molecule has 2 aromatic heterocycles. The molecule has 0 bridgehead atoms. The summed E-state index contributed by atoms with van der Waals surface area (Å²) in [5.41, 5.74) is 0.909. The summed E-state index contributed by atoms with van der Waals surface area (Å²) in [4.78, 5) is 0. The van der Waals surface area contributed by atoms with Gasteiger partial charge in [-0.1, -0.05) is 55.9 Å². The Hall–Kier alpha value is -2.05. The molecule has 126 valence electrons. The smallest absolute Gasteiger partial charge is 0.200 e. The van der Waals surface area contributed by atoms with E-state index >= 15 is 0 Å². The molecule has 0 aliphatic rings. The van der Waals surface area contributed by atoms with Crippen LogP contribution < -0.4 is 0 Å². The summed E-state index contributed by atoms with van der Waals surface area (Å²) in [5, 5.41) is 19.7. The van der Waals surface area contributed by atoms with Crippen LogP contribution in [0.5, 0.6) is 0 Å². The van der Waals surface area contributed by atoms with E-state index in [0.717, 1.165) is 23.1 Å². The van der Waals surface area contributed by atoms with Gasteiger partial charge < -0.3 is 9.52 Å². The van der Waals surface area contributed by atoms with Crippen LogP contribution in [0.4, 0.5) is 0 Å². The van der Waals surface area contributed by atoms with E-state index in [1.165, 1.54) is 11.8 Å². The summed E-state index contributed by atoms with van der Waals surface area (Å²) >= 11 is 1.51. The van der Waals surface area contributed by atoms with Crippen molar-refractivity contribution in [2.75, 3.05) is 5.75 Å². The zero-order valence-electron chi connectivity index (χ0n) is 13.8. The van der Waals surface area contributed by atoms with E-state index in [-0.39, 0.29) is 0 Å². The highest BCUT2D eigenvalue weighted by Gasteiger charge is 2.18. The number of furan rings is 1. The molecule has 0 radical (unpaired) electrons. The van der Waals surface area contributed by atoms with Crippen LogP contribution >= 0.6 is 11.8 Å². The molecule has 0 aliphatic carbocycles. The van der Waals surface area contributed by atoms with Crippen molar-refractivity contribution in [3.05, 3.63) is 54.3 Å². The topological polar surface area (TPSA) is 64.1 Å². The minimum atomic E-state index is -0.535. The predicted molar refractivity (Wildman–Crippen MR) is 94.7 cm³/mol. The van der Waals surface area contributed by atoms with E-state index in [0.29, 0.717) is 17.4 Å². The number of hydrogen-bond donors (Lipinski definition) is 1. The first kappa shape index (κ1) is 16.8. The maximum Gasteiger partial charge on any atom is 0.200 e. The Balaban J connectivity index is 1.78. The minimum absolute atomic E-state index is 0.452. The highest BCUT2D eigenvalue weighted by Crippen LogP contribution is 2.28. The van der Waals surface area contributed by atoms with Crippen molar-refractivity contribution in [1.82, 2.24) is 14.8 Å². The summed E-state index contributed by atoms with van der Waals surface area (Å²) in [7, 11) is 0. The summed E-state index contributed by atoms with van der Waals surface area (Å²) in [5.74, 6) is 2.41. The second-order valence-electron chi connectivity index (χ2n) is 6.03. The molecule has 1 aromatic carbocycles. The average Bonchev–Trinajstić information content (AvgIpc) is 3.23. The van der Waals surface area contributed by atoms with E-state index in [1.54, 1.807) is 6.26 Å². The Kier molecular flexibility index (Phi) is 5.37. The van der Waals surface area contributed by atoms with Gasteiger partial charge in [0.15, 0.2) is 16.7 Å². The third kappa shape index (κ3) is 3.88. The van der Waals surface area contributed by atoms with E-state index in [1.807, 2.05) is 42.5 Å². The second kappa shape index (κ2) is 7.68. The van der Waals surface area contributed by atoms with Crippen molar-refractivity contribution in [3.8, 4) is 11.6 Å². The standard InChI is InChI=1S/C18H21N3O2S/c1-13(2)11-21-17(16-9-6-10-23-16)19-20-18(21)24-12-15(22)14-7-4-3-5-8-14/h3-10,13,15,22H,11-12H2,1-2H3. The van der Waals surface area contributed by atoms with E-state index in [2.05, 4.69) is 28.6 Å². The van der Waals surface area contributed by atoms with E-state index in [4.69, 9.17) is 4.42 Å². The van der Waals surface area contributed by atoms with Gasteiger partial charge in [-0.2, -0.15) is 0 Å². The monoisotopic (exact) mass is 343 g/mol. The maximum atomic E-state index is 10.3.